The minimum absolute atomic E-state index is 0.220. The van der Waals surface area contributed by atoms with Crippen LogP contribution in [0.4, 0.5) is 4.39 Å². The third-order valence-electron chi connectivity index (χ3n) is 3.10. The van der Waals surface area contributed by atoms with Gasteiger partial charge in [0.15, 0.2) is 11.6 Å². The van der Waals surface area contributed by atoms with Gasteiger partial charge in [-0.25, -0.2) is 4.39 Å². The first-order valence-corrected chi connectivity index (χ1v) is 7.15. The normalized spacial score (nSPS) is 10.8. The van der Waals surface area contributed by atoms with E-state index < -0.39 is 0 Å². The first-order valence-electron chi connectivity index (χ1n) is 6.36. The third kappa shape index (κ3) is 2.59. The zero-order chi connectivity index (χ0) is 14.8. The van der Waals surface area contributed by atoms with Crippen LogP contribution in [-0.4, -0.2) is 14.8 Å². The maximum atomic E-state index is 14.1. The molecule has 0 spiro atoms. The van der Waals surface area contributed by atoms with Crippen LogP contribution in [0.1, 0.15) is 5.82 Å². The van der Waals surface area contributed by atoms with Gasteiger partial charge in [-0.1, -0.05) is 34.1 Å². The largest absolute Gasteiger partial charge is 0.324 e. The number of halogens is 2. The number of benzene rings is 2. The van der Waals surface area contributed by atoms with Crippen LogP contribution in [0.3, 0.4) is 0 Å². The van der Waals surface area contributed by atoms with Gasteiger partial charge in [0.2, 0.25) is 0 Å². The molecule has 1 aromatic heterocycles. The number of hydrogen-bond donors (Lipinski definition) is 1. The number of hydrogen-bond acceptors (Lipinski definition) is 3. The summed E-state index contributed by atoms with van der Waals surface area (Å²) < 4.78 is 16.7. The van der Waals surface area contributed by atoms with Crippen LogP contribution in [0.25, 0.3) is 17.1 Å². The number of nitrogens with zero attached hydrogens (tertiary/aromatic N) is 3. The Morgan fingerprint density at radius 2 is 1.86 bits per heavy atom. The van der Waals surface area contributed by atoms with Crippen molar-refractivity contribution in [1.29, 1.82) is 0 Å². The van der Waals surface area contributed by atoms with Gasteiger partial charge in [0, 0.05) is 10.2 Å². The molecular formula is C15H12BrFN4. The molecule has 2 aromatic carbocycles. The van der Waals surface area contributed by atoms with Gasteiger partial charge >= 0.3 is 0 Å². The van der Waals surface area contributed by atoms with E-state index >= 15 is 0 Å². The van der Waals surface area contributed by atoms with Gasteiger partial charge in [0.1, 0.15) is 5.82 Å². The molecule has 0 unspecified atom stereocenters. The van der Waals surface area contributed by atoms with Crippen molar-refractivity contribution in [3.63, 3.8) is 0 Å². The van der Waals surface area contributed by atoms with Gasteiger partial charge < -0.3 is 5.73 Å². The number of rotatable bonds is 3. The first kappa shape index (κ1) is 13.9. The maximum Gasteiger partial charge on any atom is 0.171 e. The second-order valence-corrected chi connectivity index (χ2v) is 5.35. The highest BCUT2D eigenvalue weighted by molar-refractivity contribution is 9.10. The summed E-state index contributed by atoms with van der Waals surface area (Å²) in [4.78, 5) is 0. The Labute approximate surface area is 129 Å². The lowest BCUT2D eigenvalue weighted by molar-refractivity contribution is 0.629. The van der Waals surface area contributed by atoms with Crippen molar-refractivity contribution < 1.29 is 4.39 Å². The molecule has 2 N–H and O–H groups in total. The van der Waals surface area contributed by atoms with Crippen molar-refractivity contribution in [2.45, 2.75) is 6.54 Å². The van der Waals surface area contributed by atoms with Crippen LogP contribution in [-0.2, 0) is 6.54 Å². The number of aromatic nitrogens is 3. The molecule has 0 amide bonds. The van der Waals surface area contributed by atoms with Crippen LogP contribution >= 0.6 is 15.9 Å². The van der Waals surface area contributed by atoms with E-state index in [4.69, 9.17) is 5.73 Å². The molecule has 0 aliphatic rings. The fraction of sp³-hybridized carbons (Fsp3) is 0.0667. The fourth-order valence-electron chi connectivity index (χ4n) is 2.14. The lowest BCUT2D eigenvalue weighted by Gasteiger charge is -2.10. The Hall–Kier alpha value is -2.05. The molecular weight excluding hydrogens is 335 g/mol. The second-order valence-electron chi connectivity index (χ2n) is 4.44. The Bertz CT molecular complexity index is 771. The van der Waals surface area contributed by atoms with E-state index in [1.165, 1.54) is 6.07 Å². The monoisotopic (exact) mass is 346 g/mol. The Morgan fingerprint density at radius 1 is 1.10 bits per heavy atom. The van der Waals surface area contributed by atoms with E-state index in [-0.39, 0.29) is 12.4 Å². The van der Waals surface area contributed by atoms with Crippen LogP contribution in [0, 0.1) is 5.82 Å². The SMILES string of the molecule is NCc1nnc(-c2cc(Br)ccc2F)n1-c1ccccc1. The van der Waals surface area contributed by atoms with E-state index in [1.807, 2.05) is 30.3 Å². The minimum atomic E-state index is -0.355. The van der Waals surface area contributed by atoms with Gasteiger partial charge in [-0.05, 0) is 30.3 Å². The smallest absolute Gasteiger partial charge is 0.171 e. The maximum absolute atomic E-state index is 14.1. The number of para-hydroxylation sites is 1. The predicted molar refractivity (Wildman–Crippen MR) is 82.3 cm³/mol. The molecule has 106 valence electrons. The summed E-state index contributed by atoms with van der Waals surface area (Å²) in [5.41, 5.74) is 6.94. The van der Waals surface area contributed by atoms with Crippen molar-refractivity contribution in [3.8, 4) is 17.1 Å². The average Bonchev–Trinajstić information content (AvgIpc) is 2.94. The van der Waals surface area contributed by atoms with Crippen molar-refractivity contribution in [2.24, 2.45) is 5.73 Å². The Balaban J connectivity index is 2.25. The Kier molecular flexibility index (Phi) is 3.81. The lowest BCUT2D eigenvalue weighted by atomic mass is 10.2. The fourth-order valence-corrected chi connectivity index (χ4v) is 2.50. The van der Waals surface area contributed by atoms with Crippen molar-refractivity contribution >= 4 is 15.9 Å². The molecule has 0 saturated carbocycles. The molecule has 1 heterocycles. The van der Waals surface area contributed by atoms with Gasteiger partial charge in [-0.15, -0.1) is 10.2 Å². The summed E-state index contributed by atoms with van der Waals surface area (Å²) in [6.07, 6.45) is 0. The predicted octanol–water partition coefficient (Wildman–Crippen LogP) is 3.29. The van der Waals surface area contributed by atoms with Crippen LogP contribution in [0.2, 0.25) is 0 Å². The van der Waals surface area contributed by atoms with E-state index in [9.17, 15) is 4.39 Å². The summed E-state index contributed by atoms with van der Waals surface area (Å²) in [5.74, 6) is 0.655. The van der Waals surface area contributed by atoms with Crippen LogP contribution in [0.5, 0.6) is 0 Å². The molecule has 0 fully saturated rings. The van der Waals surface area contributed by atoms with E-state index in [0.717, 1.165) is 10.2 Å². The van der Waals surface area contributed by atoms with Crippen molar-refractivity contribution in [2.75, 3.05) is 0 Å². The summed E-state index contributed by atoms with van der Waals surface area (Å²) in [6, 6.07) is 14.2. The average molecular weight is 347 g/mol. The molecule has 0 radical (unpaired) electrons. The third-order valence-corrected chi connectivity index (χ3v) is 3.59. The standard InChI is InChI=1S/C15H12BrFN4/c16-10-6-7-13(17)12(8-10)15-20-19-14(9-18)21(15)11-4-2-1-3-5-11/h1-8H,9,18H2. The molecule has 3 rings (SSSR count). The molecule has 21 heavy (non-hydrogen) atoms. The van der Waals surface area contributed by atoms with E-state index in [0.29, 0.717) is 17.2 Å². The molecule has 0 saturated heterocycles. The molecule has 0 aliphatic heterocycles. The van der Waals surface area contributed by atoms with Gasteiger partial charge in [-0.2, -0.15) is 0 Å². The summed E-state index contributed by atoms with van der Waals surface area (Å²) in [7, 11) is 0. The molecule has 0 atom stereocenters. The van der Waals surface area contributed by atoms with E-state index in [2.05, 4.69) is 26.1 Å². The summed E-state index contributed by atoms with van der Waals surface area (Å²) >= 11 is 3.35. The highest BCUT2D eigenvalue weighted by atomic mass is 79.9. The zero-order valence-corrected chi connectivity index (χ0v) is 12.6. The van der Waals surface area contributed by atoms with Crippen molar-refractivity contribution in [3.05, 3.63) is 64.6 Å². The summed E-state index contributed by atoms with van der Waals surface area (Å²) in [6.45, 7) is 0.220. The quantitative estimate of drug-likeness (QED) is 0.791. The Morgan fingerprint density at radius 3 is 2.57 bits per heavy atom. The molecule has 6 heteroatoms. The lowest BCUT2D eigenvalue weighted by Crippen LogP contribution is -2.08. The second kappa shape index (κ2) is 5.75. The highest BCUT2D eigenvalue weighted by Gasteiger charge is 2.17. The zero-order valence-electron chi connectivity index (χ0n) is 11.0. The highest BCUT2D eigenvalue weighted by Crippen LogP contribution is 2.27. The molecule has 0 aliphatic carbocycles. The molecule has 4 nitrogen and oxygen atoms in total. The number of nitrogens with two attached hydrogens (primary N) is 1. The minimum Gasteiger partial charge on any atom is -0.324 e. The first-order chi connectivity index (χ1) is 10.2. The summed E-state index contributed by atoms with van der Waals surface area (Å²) in [5, 5.41) is 8.17. The topological polar surface area (TPSA) is 56.7 Å². The van der Waals surface area contributed by atoms with Gasteiger partial charge in [0.25, 0.3) is 0 Å². The van der Waals surface area contributed by atoms with Crippen molar-refractivity contribution in [1.82, 2.24) is 14.8 Å². The van der Waals surface area contributed by atoms with Gasteiger partial charge in [0.05, 0.1) is 12.1 Å². The van der Waals surface area contributed by atoms with Gasteiger partial charge in [-0.3, -0.25) is 4.57 Å². The molecule has 3 aromatic rings. The van der Waals surface area contributed by atoms with Crippen LogP contribution < -0.4 is 5.73 Å². The molecule has 0 bridgehead atoms. The van der Waals surface area contributed by atoms with E-state index in [1.54, 1.807) is 16.7 Å². The van der Waals surface area contributed by atoms with Crippen LogP contribution in [0.15, 0.2) is 53.0 Å².